The molecule has 0 bridgehead atoms. The minimum absolute atomic E-state index is 0.319. The van der Waals surface area contributed by atoms with E-state index in [4.69, 9.17) is 0 Å². The minimum atomic E-state index is 0.319. The molecule has 0 aromatic heterocycles. The first-order valence-electron chi connectivity index (χ1n) is 7.54. The molecule has 0 fully saturated rings. The summed E-state index contributed by atoms with van der Waals surface area (Å²) in [5, 5.41) is 0. The maximum atomic E-state index is 2.45. The van der Waals surface area contributed by atoms with Gasteiger partial charge in [-0.05, 0) is 59.8 Å². The number of anilines is 1. The molecular weight excluding hydrogens is 230 g/mol. The molecule has 1 aliphatic rings. The molecule has 0 heterocycles. The number of aryl methyl sites for hydroxylation is 1. The summed E-state index contributed by atoms with van der Waals surface area (Å²) in [7, 11) is 4.29. The molecule has 1 aromatic carbocycles. The zero-order chi connectivity index (χ0) is 14.4. The lowest BCUT2D eigenvalue weighted by atomic mass is 9.61. The third kappa shape index (κ3) is 2.28. The SMILES string of the molecule is CCC1(C)CCC(C)(C)c2cc(C)c(N(C)C)cc21. The van der Waals surface area contributed by atoms with Gasteiger partial charge in [-0.2, -0.15) is 0 Å². The standard InChI is InChI=1S/C18H29N/c1-8-18(5)10-9-17(3,4)14-11-13(2)16(19(6)7)12-15(14)18/h11-12H,8-10H2,1-7H3. The molecule has 19 heavy (non-hydrogen) atoms. The Hall–Kier alpha value is -0.980. The fourth-order valence-electron chi connectivity index (χ4n) is 3.46. The van der Waals surface area contributed by atoms with Crippen LogP contribution in [0.15, 0.2) is 12.1 Å². The normalized spacial score (nSPS) is 25.0. The Morgan fingerprint density at radius 2 is 1.68 bits per heavy atom. The van der Waals surface area contributed by atoms with E-state index >= 15 is 0 Å². The lowest BCUT2D eigenvalue weighted by Crippen LogP contribution is -2.35. The van der Waals surface area contributed by atoms with Gasteiger partial charge in [0.05, 0.1) is 0 Å². The summed E-state index contributed by atoms with van der Waals surface area (Å²) >= 11 is 0. The second-order valence-electron chi connectivity index (χ2n) is 7.38. The fraction of sp³-hybridized carbons (Fsp3) is 0.667. The van der Waals surface area contributed by atoms with Crippen molar-refractivity contribution in [1.29, 1.82) is 0 Å². The Kier molecular flexibility index (Phi) is 3.45. The van der Waals surface area contributed by atoms with E-state index < -0.39 is 0 Å². The van der Waals surface area contributed by atoms with E-state index in [1.54, 1.807) is 11.1 Å². The van der Waals surface area contributed by atoms with Crippen molar-refractivity contribution >= 4 is 5.69 Å². The Morgan fingerprint density at radius 1 is 1.05 bits per heavy atom. The summed E-state index contributed by atoms with van der Waals surface area (Å²) in [6, 6.07) is 4.90. The van der Waals surface area contributed by atoms with Gasteiger partial charge in [0.2, 0.25) is 0 Å². The molecule has 0 amide bonds. The lowest BCUT2D eigenvalue weighted by Gasteiger charge is -2.44. The molecule has 0 N–H and O–H groups in total. The minimum Gasteiger partial charge on any atom is -0.377 e. The van der Waals surface area contributed by atoms with Crippen LogP contribution in [0.4, 0.5) is 5.69 Å². The van der Waals surface area contributed by atoms with Crippen molar-refractivity contribution in [3.05, 3.63) is 28.8 Å². The summed E-state index contributed by atoms with van der Waals surface area (Å²) in [5.74, 6) is 0. The van der Waals surface area contributed by atoms with E-state index in [-0.39, 0.29) is 0 Å². The Bertz CT molecular complexity index is 485. The highest BCUT2D eigenvalue weighted by Gasteiger charge is 2.39. The largest absolute Gasteiger partial charge is 0.377 e. The van der Waals surface area contributed by atoms with Gasteiger partial charge in [0.1, 0.15) is 0 Å². The lowest BCUT2D eigenvalue weighted by molar-refractivity contribution is 0.305. The predicted octanol–water partition coefficient (Wildman–Crippen LogP) is 4.80. The van der Waals surface area contributed by atoms with Crippen LogP contribution in [0, 0.1) is 6.92 Å². The highest BCUT2D eigenvalue weighted by molar-refractivity contribution is 5.59. The van der Waals surface area contributed by atoms with E-state index in [2.05, 4.69) is 65.7 Å². The monoisotopic (exact) mass is 259 g/mol. The molecule has 106 valence electrons. The third-order valence-electron chi connectivity index (χ3n) is 5.28. The van der Waals surface area contributed by atoms with Crippen LogP contribution in [-0.2, 0) is 10.8 Å². The van der Waals surface area contributed by atoms with E-state index in [0.29, 0.717) is 10.8 Å². The molecule has 1 heteroatoms. The quantitative estimate of drug-likeness (QED) is 0.737. The van der Waals surface area contributed by atoms with Crippen molar-refractivity contribution in [3.63, 3.8) is 0 Å². The molecule has 0 spiro atoms. The first-order valence-corrected chi connectivity index (χ1v) is 7.54. The molecule has 0 saturated carbocycles. The van der Waals surface area contributed by atoms with Gasteiger partial charge >= 0.3 is 0 Å². The van der Waals surface area contributed by atoms with E-state index in [9.17, 15) is 0 Å². The van der Waals surface area contributed by atoms with Crippen LogP contribution in [0.3, 0.4) is 0 Å². The van der Waals surface area contributed by atoms with Crippen molar-refractivity contribution in [2.24, 2.45) is 0 Å². The topological polar surface area (TPSA) is 3.24 Å². The smallest absolute Gasteiger partial charge is 0.0393 e. The summed E-state index contributed by atoms with van der Waals surface area (Å²) < 4.78 is 0. The van der Waals surface area contributed by atoms with Gasteiger partial charge in [0.15, 0.2) is 0 Å². The fourth-order valence-corrected chi connectivity index (χ4v) is 3.46. The van der Waals surface area contributed by atoms with Crippen LogP contribution in [-0.4, -0.2) is 14.1 Å². The maximum Gasteiger partial charge on any atom is 0.0393 e. The molecule has 2 rings (SSSR count). The summed E-state index contributed by atoms with van der Waals surface area (Å²) in [4.78, 5) is 2.24. The molecule has 0 saturated heterocycles. The van der Waals surface area contributed by atoms with Gasteiger partial charge in [-0.1, -0.05) is 33.8 Å². The van der Waals surface area contributed by atoms with Crippen molar-refractivity contribution in [1.82, 2.24) is 0 Å². The number of fused-ring (bicyclic) bond motifs is 1. The molecule has 1 nitrogen and oxygen atoms in total. The average molecular weight is 259 g/mol. The van der Waals surface area contributed by atoms with Crippen LogP contribution in [0.25, 0.3) is 0 Å². The van der Waals surface area contributed by atoms with Crippen LogP contribution >= 0.6 is 0 Å². The number of benzene rings is 1. The molecule has 0 radical (unpaired) electrons. The van der Waals surface area contributed by atoms with Gasteiger partial charge in [-0.25, -0.2) is 0 Å². The van der Waals surface area contributed by atoms with E-state index in [1.165, 1.54) is 30.5 Å². The molecule has 0 aliphatic heterocycles. The number of hydrogen-bond donors (Lipinski definition) is 0. The molecule has 1 aliphatic carbocycles. The Balaban J connectivity index is 2.69. The zero-order valence-corrected chi connectivity index (χ0v) is 13.7. The average Bonchev–Trinajstić information content (AvgIpc) is 2.34. The first kappa shape index (κ1) is 14.4. The van der Waals surface area contributed by atoms with Crippen molar-refractivity contribution < 1.29 is 0 Å². The molecule has 1 atom stereocenters. The highest BCUT2D eigenvalue weighted by atomic mass is 15.1. The maximum absolute atomic E-state index is 2.45. The molecule has 1 aromatic rings. The number of hydrogen-bond acceptors (Lipinski definition) is 1. The van der Waals surface area contributed by atoms with Gasteiger partial charge in [0, 0.05) is 19.8 Å². The predicted molar refractivity (Wildman–Crippen MR) is 85.4 cm³/mol. The zero-order valence-electron chi connectivity index (χ0n) is 13.7. The highest BCUT2D eigenvalue weighted by Crippen LogP contribution is 2.49. The van der Waals surface area contributed by atoms with Gasteiger partial charge in [-0.3, -0.25) is 0 Å². The van der Waals surface area contributed by atoms with Crippen LogP contribution in [0.5, 0.6) is 0 Å². The van der Waals surface area contributed by atoms with E-state index in [0.717, 1.165) is 0 Å². The van der Waals surface area contributed by atoms with Gasteiger partial charge < -0.3 is 4.90 Å². The van der Waals surface area contributed by atoms with Crippen molar-refractivity contribution in [2.45, 2.75) is 64.7 Å². The summed E-state index contributed by atoms with van der Waals surface area (Å²) in [5.41, 5.74) is 6.60. The second-order valence-corrected chi connectivity index (χ2v) is 7.38. The van der Waals surface area contributed by atoms with Crippen LogP contribution in [0.2, 0.25) is 0 Å². The van der Waals surface area contributed by atoms with Crippen LogP contribution < -0.4 is 4.90 Å². The van der Waals surface area contributed by atoms with Crippen LogP contribution in [0.1, 0.15) is 63.6 Å². The second kappa shape index (κ2) is 4.54. The van der Waals surface area contributed by atoms with E-state index in [1.807, 2.05) is 0 Å². The van der Waals surface area contributed by atoms with Gasteiger partial charge in [0.25, 0.3) is 0 Å². The third-order valence-corrected chi connectivity index (χ3v) is 5.28. The Labute approximate surface area is 119 Å². The van der Waals surface area contributed by atoms with Crippen molar-refractivity contribution in [2.75, 3.05) is 19.0 Å². The Morgan fingerprint density at radius 3 is 2.21 bits per heavy atom. The number of nitrogens with zero attached hydrogens (tertiary/aromatic N) is 1. The molecular formula is C18H29N. The van der Waals surface area contributed by atoms with Crippen molar-refractivity contribution in [3.8, 4) is 0 Å². The van der Waals surface area contributed by atoms with Gasteiger partial charge in [-0.15, -0.1) is 0 Å². The summed E-state index contributed by atoms with van der Waals surface area (Å²) in [6.07, 6.45) is 3.83. The summed E-state index contributed by atoms with van der Waals surface area (Å²) in [6.45, 7) is 11.8. The number of rotatable bonds is 2. The first-order chi connectivity index (χ1) is 8.71. The molecule has 1 unspecified atom stereocenters.